The molecule has 1 saturated heterocycles. The lowest BCUT2D eigenvalue weighted by atomic mass is 9.93. The maximum atomic E-state index is 13.1. The van der Waals surface area contributed by atoms with E-state index in [0.29, 0.717) is 44.2 Å². The molecule has 0 saturated carbocycles. The Morgan fingerprint density at radius 3 is 2.53 bits per heavy atom. The highest BCUT2D eigenvalue weighted by Crippen LogP contribution is 2.24. The third-order valence-corrected chi connectivity index (χ3v) is 7.41. The standard InChI is InChI=1S/C25H33N5O2/c1-2-27-10-7-19(8-11-27)15-24(31)28-13-14-30-22(18-28)16-23(26-30)25(32)29-12-9-20-5-3-4-6-21(20)17-29/h3-6,16,19H,2,7-15,17-18H2,1H3. The van der Waals surface area contributed by atoms with Crippen LogP contribution in [0, 0.1) is 5.92 Å². The number of aromatic nitrogens is 2. The summed E-state index contributed by atoms with van der Waals surface area (Å²) in [7, 11) is 0. The Morgan fingerprint density at radius 1 is 0.969 bits per heavy atom. The molecule has 3 aliphatic heterocycles. The number of carbonyl (C=O) groups is 2. The number of amides is 2. The van der Waals surface area contributed by atoms with Gasteiger partial charge in [-0.1, -0.05) is 31.2 Å². The Labute approximate surface area is 190 Å². The van der Waals surface area contributed by atoms with Crippen LogP contribution in [0.5, 0.6) is 0 Å². The van der Waals surface area contributed by atoms with E-state index in [0.717, 1.165) is 51.1 Å². The van der Waals surface area contributed by atoms with Gasteiger partial charge in [0.1, 0.15) is 0 Å². The second-order valence-corrected chi connectivity index (χ2v) is 9.39. The van der Waals surface area contributed by atoms with E-state index in [-0.39, 0.29) is 11.8 Å². The van der Waals surface area contributed by atoms with Gasteiger partial charge in [0.25, 0.3) is 5.91 Å². The molecule has 1 fully saturated rings. The average Bonchev–Trinajstić information content (AvgIpc) is 3.27. The first-order valence-corrected chi connectivity index (χ1v) is 12.0. The van der Waals surface area contributed by atoms with Crippen molar-refractivity contribution in [2.75, 3.05) is 32.7 Å². The zero-order chi connectivity index (χ0) is 22.1. The predicted molar refractivity (Wildman–Crippen MR) is 122 cm³/mol. The molecule has 2 aromatic rings. The first-order valence-electron chi connectivity index (χ1n) is 12.0. The molecule has 7 heteroatoms. The van der Waals surface area contributed by atoms with Crippen LogP contribution in [0.4, 0.5) is 0 Å². The zero-order valence-electron chi connectivity index (χ0n) is 19.0. The van der Waals surface area contributed by atoms with E-state index < -0.39 is 0 Å². The normalized spacial score (nSPS) is 19.5. The molecule has 7 nitrogen and oxygen atoms in total. The number of likely N-dealkylation sites (tertiary alicyclic amines) is 1. The van der Waals surface area contributed by atoms with E-state index in [9.17, 15) is 9.59 Å². The summed E-state index contributed by atoms with van der Waals surface area (Å²) in [6, 6.07) is 10.2. The lowest BCUT2D eigenvalue weighted by Gasteiger charge is -2.33. The molecular weight excluding hydrogens is 402 g/mol. The molecular formula is C25H33N5O2. The Balaban J connectivity index is 1.20. The molecule has 0 spiro atoms. The molecule has 0 radical (unpaired) electrons. The van der Waals surface area contributed by atoms with Crippen LogP contribution in [0.1, 0.15) is 53.5 Å². The van der Waals surface area contributed by atoms with Crippen molar-refractivity contribution in [2.45, 2.75) is 52.2 Å². The first kappa shape index (κ1) is 21.2. The van der Waals surface area contributed by atoms with E-state index >= 15 is 0 Å². The molecule has 1 aromatic carbocycles. The summed E-state index contributed by atoms with van der Waals surface area (Å²) in [6.45, 7) is 8.75. The summed E-state index contributed by atoms with van der Waals surface area (Å²) in [5.74, 6) is 0.728. The number of hydrogen-bond donors (Lipinski definition) is 0. The van der Waals surface area contributed by atoms with E-state index in [1.54, 1.807) is 0 Å². The van der Waals surface area contributed by atoms with Crippen molar-refractivity contribution in [3.8, 4) is 0 Å². The molecule has 2 amide bonds. The van der Waals surface area contributed by atoms with E-state index in [4.69, 9.17) is 0 Å². The lowest BCUT2D eigenvalue weighted by molar-refractivity contribution is -0.134. The molecule has 0 unspecified atom stereocenters. The van der Waals surface area contributed by atoms with Crippen molar-refractivity contribution in [1.29, 1.82) is 0 Å². The number of carbonyl (C=O) groups excluding carboxylic acids is 2. The molecule has 5 rings (SSSR count). The highest BCUT2D eigenvalue weighted by Gasteiger charge is 2.29. The minimum Gasteiger partial charge on any atom is -0.335 e. The van der Waals surface area contributed by atoms with Crippen LogP contribution in [-0.4, -0.2) is 69.0 Å². The van der Waals surface area contributed by atoms with Gasteiger partial charge in [0.2, 0.25) is 5.91 Å². The van der Waals surface area contributed by atoms with Crippen molar-refractivity contribution in [1.82, 2.24) is 24.5 Å². The lowest BCUT2D eigenvalue weighted by Crippen LogP contribution is -2.40. The fourth-order valence-corrected chi connectivity index (χ4v) is 5.30. The van der Waals surface area contributed by atoms with Gasteiger partial charge in [0.15, 0.2) is 5.69 Å². The number of rotatable bonds is 4. The van der Waals surface area contributed by atoms with Gasteiger partial charge < -0.3 is 14.7 Å². The topological polar surface area (TPSA) is 61.7 Å². The highest BCUT2D eigenvalue weighted by atomic mass is 16.2. The van der Waals surface area contributed by atoms with Gasteiger partial charge in [-0.15, -0.1) is 0 Å². The largest absolute Gasteiger partial charge is 0.335 e. The van der Waals surface area contributed by atoms with Gasteiger partial charge in [0, 0.05) is 26.1 Å². The minimum absolute atomic E-state index is 0.0121. The smallest absolute Gasteiger partial charge is 0.274 e. The highest BCUT2D eigenvalue weighted by molar-refractivity contribution is 5.92. The van der Waals surface area contributed by atoms with Gasteiger partial charge >= 0.3 is 0 Å². The van der Waals surface area contributed by atoms with Crippen LogP contribution in [0.3, 0.4) is 0 Å². The number of nitrogens with zero attached hydrogens (tertiary/aromatic N) is 5. The molecule has 4 heterocycles. The number of benzene rings is 1. The van der Waals surface area contributed by atoms with Crippen molar-refractivity contribution in [2.24, 2.45) is 5.92 Å². The van der Waals surface area contributed by atoms with Crippen molar-refractivity contribution in [3.63, 3.8) is 0 Å². The van der Waals surface area contributed by atoms with Crippen LogP contribution >= 0.6 is 0 Å². The molecule has 0 bridgehead atoms. The summed E-state index contributed by atoms with van der Waals surface area (Å²) >= 11 is 0. The average molecular weight is 436 g/mol. The molecule has 170 valence electrons. The summed E-state index contributed by atoms with van der Waals surface area (Å²) in [5.41, 5.74) is 4.01. The summed E-state index contributed by atoms with van der Waals surface area (Å²) in [5, 5.41) is 4.59. The van der Waals surface area contributed by atoms with Gasteiger partial charge in [-0.2, -0.15) is 5.10 Å². The van der Waals surface area contributed by atoms with Crippen LogP contribution in [0.25, 0.3) is 0 Å². The van der Waals surface area contributed by atoms with Crippen molar-refractivity contribution >= 4 is 11.8 Å². The van der Waals surface area contributed by atoms with E-state index in [1.807, 2.05) is 26.6 Å². The summed E-state index contributed by atoms with van der Waals surface area (Å²) < 4.78 is 1.91. The van der Waals surface area contributed by atoms with Crippen molar-refractivity contribution < 1.29 is 9.59 Å². The Morgan fingerprint density at radius 2 is 1.75 bits per heavy atom. The van der Waals surface area contributed by atoms with Crippen LogP contribution < -0.4 is 0 Å². The van der Waals surface area contributed by atoms with Crippen LogP contribution in [0.15, 0.2) is 30.3 Å². The Bertz CT molecular complexity index is 992. The summed E-state index contributed by atoms with van der Waals surface area (Å²) in [6.07, 6.45) is 3.76. The molecule has 0 atom stereocenters. The third-order valence-electron chi connectivity index (χ3n) is 7.41. The van der Waals surface area contributed by atoms with Gasteiger partial charge in [0.05, 0.1) is 18.8 Å². The molecule has 1 aromatic heterocycles. The first-order chi connectivity index (χ1) is 15.6. The van der Waals surface area contributed by atoms with E-state index in [2.05, 4.69) is 35.1 Å². The maximum Gasteiger partial charge on any atom is 0.274 e. The molecule has 32 heavy (non-hydrogen) atoms. The zero-order valence-corrected chi connectivity index (χ0v) is 19.0. The molecule has 0 aliphatic carbocycles. The van der Waals surface area contributed by atoms with Crippen LogP contribution in [-0.2, 0) is 30.8 Å². The molecule has 0 N–H and O–H groups in total. The van der Waals surface area contributed by atoms with Crippen LogP contribution in [0.2, 0.25) is 0 Å². The van der Waals surface area contributed by atoms with Crippen molar-refractivity contribution in [3.05, 3.63) is 52.8 Å². The maximum absolute atomic E-state index is 13.1. The number of hydrogen-bond acceptors (Lipinski definition) is 4. The Hall–Kier alpha value is -2.67. The Kier molecular flexibility index (Phi) is 6.00. The van der Waals surface area contributed by atoms with Gasteiger partial charge in [-0.3, -0.25) is 14.3 Å². The molecule has 3 aliphatic rings. The quantitative estimate of drug-likeness (QED) is 0.741. The van der Waals surface area contributed by atoms with E-state index in [1.165, 1.54) is 11.1 Å². The monoisotopic (exact) mass is 435 g/mol. The summed E-state index contributed by atoms with van der Waals surface area (Å²) in [4.78, 5) is 32.4. The number of fused-ring (bicyclic) bond motifs is 2. The second-order valence-electron chi connectivity index (χ2n) is 9.39. The number of piperidine rings is 1. The fraction of sp³-hybridized carbons (Fsp3) is 0.560. The van der Waals surface area contributed by atoms with Gasteiger partial charge in [-0.05, 0) is 62.0 Å². The third kappa shape index (κ3) is 4.31. The minimum atomic E-state index is -0.0121. The SMILES string of the molecule is CCN1CCC(CC(=O)N2CCn3nc(C(=O)N4CCc5ccccc5C4)cc3C2)CC1. The fourth-order valence-electron chi connectivity index (χ4n) is 5.30. The predicted octanol–water partition coefficient (Wildman–Crippen LogP) is 2.55. The second kappa shape index (κ2) is 9.06. The van der Waals surface area contributed by atoms with Gasteiger partial charge in [-0.25, -0.2) is 0 Å².